The first kappa shape index (κ1) is 18.6. The van der Waals surface area contributed by atoms with Gasteiger partial charge in [0, 0.05) is 32.1 Å². The number of imidazole rings is 1. The van der Waals surface area contributed by atoms with Crippen LogP contribution in [0.5, 0.6) is 0 Å². The normalized spacial score (nSPS) is 16.0. The predicted molar refractivity (Wildman–Crippen MR) is 105 cm³/mol. The van der Waals surface area contributed by atoms with E-state index in [1.54, 1.807) is 25.5 Å². The average Bonchev–Trinajstić information content (AvgIpc) is 3.15. The van der Waals surface area contributed by atoms with Gasteiger partial charge in [0.05, 0.1) is 12.0 Å². The zero-order valence-corrected chi connectivity index (χ0v) is 15.9. The maximum atomic E-state index is 12.5. The van der Waals surface area contributed by atoms with Crippen LogP contribution in [0.3, 0.4) is 0 Å². The van der Waals surface area contributed by atoms with Gasteiger partial charge in [0.2, 0.25) is 12.3 Å². The lowest BCUT2D eigenvalue weighted by molar-refractivity contribution is -0.116. The van der Waals surface area contributed by atoms with E-state index in [1.165, 1.54) is 27.7 Å². The number of hydrogen-bond donors (Lipinski definition) is 2. The van der Waals surface area contributed by atoms with Crippen LogP contribution in [-0.2, 0) is 11.3 Å². The molecule has 1 atom stereocenters. The van der Waals surface area contributed by atoms with Crippen molar-refractivity contribution in [3.8, 4) is 11.3 Å². The molecular formula is C19H19N7O3. The number of rotatable bonds is 4. The average molecular weight is 393 g/mol. The number of aliphatic hydroxyl groups excluding tert-OH is 1. The zero-order valence-electron chi connectivity index (χ0n) is 15.9. The summed E-state index contributed by atoms with van der Waals surface area (Å²) in [4.78, 5) is 40.3. The van der Waals surface area contributed by atoms with Gasteiger partial charge in [-0.1, -0.05) is 6.07 Å². The van der Waals surface area contributed by atoms with E-state index in [0.29, 0.717) is 11.6 Å². The summed E-state index contributed by atoms with van der Waals surface area (Å²) in [6.07, 6.45) is 3.63. The number of aliphatic hydroxyl groups is 1. The Morgan fingerprint density at radius 3 is 2.66 bits per heavy atom. The summed E-state index contributed by atoms with van der Waals surface area (Å²) in [6, 6.07) is 9.10. The Bertz CT molecular complexity index is 1050. The van der Waals surface area contributed by atoms with Crippen molar-refractivity contribution in [1.82, 2.24) is 24.4 Å². The molecule has 29 heavy (non-hydrogen) atoms. The van der Waals surface area contributed by atoms with E-state index in [1.807, 2.05) is 24.3 Å². The number of nitrogens with zero attached hydrogens (tertiary/aromatic N) is 6. The van der Waals surface area contributed by atoms with Crippen molar-refractivity contribution in [2.24, 2.45) is 0 Å². The quantitative estimate of drug-likeness (QED) is 0.673. The fourth-order valence-corrected chi connectivity index (χ4v) is 3.10. The van der Waals surface area contributed by atoms with Gasteiger partial charge in [-0.25, -0.2) is 9.97 Å². The van der Waals surface area contributed by atoms with Crippen LogP contribution in [0, 0.1) is 0 Å². The Morgan fingerprint density at radius 1 is 1.14 bits per heavy atom. The topological polar surface area (TPSA) is 116 Å². The minimum atomic E-state index is -1.10. The summed E-state index contributed by atoms with van der Waals surface area (Å²) in [7, 11) is 3.10. The van der Waals surface area contributed by atoms with Gasteiger partial charge in [0.1, 0.15) is 12.4 Å². The van der Waals surface area contributed by atoms with E-state index in [4.69, 9.17) is 0 Å². The minimum absolute atomic E-state index is 0.116. The molecule has 0 bridgehead atoms. The Morgan fingerprint density at radius 2 is 1.97 bits per heavy atom. The third kappa shape index (κ3) is 3.41. The lowest BCUT2D eigenvalue weighted by Gasteiger charge is -2.36. The van der Waals surface area contributed by atoms with Crippen molar-refractivity contribution in [2.75, 3.05) is 24.3 Å². The van der Waals surface area contributed by atoms with Crippen LogP contribution in [0.25, 0.3) is 11.3 Å². The molecule has 0 aliphatic carbocycles. The molecule has 2 amide bonds. The van der Waals surface area contributed by atoms with Gasteiger partial charge in [-0.2, -0.15) is 0 Å². The number of amides is 2. The summed E-state index contributed by atoms with van der Waals surface area (Å²) >= 11 is 0. The highest BCUT2D eigenvalue weighted by atomic mass is 16.3. The second-order valence-electron chi connectivity index (χ2n) is 6.61. The van der Waals surface area contributed by atoms with Crippen molar-refractivity contribution in [1.29, 1.82) is 0 Å². The van der Waals surface area contributed by atoms with E-state index >= 15 is 0 Å². The molecular weight excluding hydrogens is 374 g/mol. The van der Waals surface area contributed by atoms with E-state index < -0.39 is 12.3 Å². The van der Waals surface area contributed by atoms with E-state index in [2.05, 4.69) is 20.3 Å². The summed E-state index contributed by atoms with van der Waals surface area (Å²) in [5.41, 5.74) is 1.87. The molecule has 1 aliphatic rings. The summed E-state index contributed by atoms with van der Waals surface area (Å²) in [6.45, 7) is -0.116. The monoisotopic (exact) mass is 393 g/mol. The molecule has 3 aromatic rings. The SMILES string of the molecule is CN1C(=O)c2c(ncn2CC(=O)Nc2ccc(-c3ccccn3)cn2)N(C)C1O. The second-order valence-corrected chi connectivity index (χ2v) is 6.61. The molecule has 1 unspecified atom stereocenters. The molecule has 4 rings (SSSR count). The minimum Gasteiger partial charge on any atom is -0.356 e. The molecule has 10 heteroatoms. The molecule has 148 valence electrons. The van der Waals surface area contributed by atoms with Gasteiger partial charge >= 0.3 is 0 Å². The molecule has 0 saturated carbocycles. The Kier molecular flexibility index (Phi) is 4.69. The molecule has 2 N–H and O–H groups in total. The molecule has 0 fully saturated rings. The highest BCUT2D eigenvalue weighted by Crippen LogP contribution is 2.26. The smallest absolute Gasteiger partial charge is 0.277 e. The maximum Gasteiger partial charge on any atom is 0.277 e. The van der Waals surface area contributed by atoms with Crippen molar-refractivity contribution < 1.29 is 14.7 Å². The maximum absolute atomic E-state index is 12.5. The standard InChI is InChI=1S/C19H19N7O3/c1-24-17-16(18(28)25(2)19(24)29)26(11-22-17)10-15(27)23-14-7-6-12(9-21-14)13-5-3-4-8-20-13/h3-9,11,19,29H,10H2,1-2H3,(H,21,23,27). The van der Waals surface area contributed by atoms with Crippen LogP contribution in [-0.4, -0.2) is 61.8 Å². The van der Waals surface area contributed by atoms with Crippen LogP contribution in [0.15, 0.2) is 49.1 Å². The molecule has 1 aliphatic heterocycles. The zero-order chi connectivity index (χ0) is 20.5. The number of pyridine rings is 2. The lowest BCUT2D eigenvalue weighted by Crippen LogP contribution is -2.52. The molecule has 0 radical (unpaired) electrons. The molecule has 4 heterocycles. The van der Waals surface area contributed by atoms with Gasteiger partial charge in [0.25, 0.3) is 5.91 Å². The van der Waals surface area contributed by atoms with Crippen LogP contribution >= 0.6 is 0 Å². The predicted octanol–water partition coefficient (Wildman–Crippen LogP) is 0.776. The van der Waals surface area contributed by atoms with Crippen molar-refractivity contribution in [2.45, 2.75) is 12.9 Å². The fraction of sp³-hybridized carbons (Fsp3) is 0.211. The summed E-state index contributed by atoms with van der Waals surface area (Å²) in [5, 5.41) is 12.7. The van der Waals surface area contributed by atoms with Crippen LogP contribution in [0.1, 0.15) is 10.5 Å². The highest BCUT2D eigenvalue weighted by molar-refractivity contribution is 6.00. The lowest BCUT2D eigenvalue weighted by atomic mass is 10.2. The van der Waals surface area contributed by atoms with Crippen molar-refractivity contribution >= 4 is 23.5 Å². The Hall–Kier alpha value is -3.79. The number of anilines is 2. The van der Waals surface area contributed by atoms with E-state index in [-0.39, 0.29) is 18.1 Å². The fourth-order valence-electron chi connectivity index (χ4n) is 3.10. The van der Waals surface area contributed by atoms with Crippen LogP contribution in [0.2, 0.25) is 0 Å². The van der Waals surface area contributed by atoms with Crippen LogP contribution < -0.4 is 10.2 Å². The van der Waals surface area contributed by atoms with Crippen molar-refractivity contribution in [3.05, 3.63) is 54.7 Å². The molecule has 10 nitrogen and oxygen atoms in total. The molecule has 0 spiro atoms. The van der Waals surface area contributed by atoms with E-state index in [9.17, 15) is 14.7 Å². The van der Waals surface area contributed by atoms with Crippen molar-refractivity contribution in [3.63, 3.8) is 0 Å². The van der Waals surface area contributed by atoms with Gasteiger partial charge in [-0.3, -0.25) is 19.5 Å². The highest BCUT2D eigenvalue weighted by Gasteiger charge is 2.36. The number of carbonyl (C=O) groups is 2. The Balaban J connectivity index is 1.47. The Labute approximate surface area is 166 Å². The largest absolute Gasteiger partial charge is 0.356 e. The number of aromatic nitrogens is 4. The third-order valence-electron chi connectivity index (χ3n) is 4.67. The van der Waals surface area contributed by atoms with E-state index in [0.717, 1.165) is 11.3 Å². The third-order valence-corrected chi connectivity index (χ3v) is 4.67. The molecule has 3 aromatic heterocycles. The molecule has 0 aromatic carbocycles. The van der Waals surface area contributed by atoms with Gasteiger partial charge in [-0.15, -0.1) is 0 Å². The number of fused-ring (bicyclic) bond motifs is 1. The number of hydrogen-bond acceptors (Lipinski definition) is 7. The first-order valence-electron chi connectivity index (χ1n) is 8.86. The summed E-state index contributed by atoms with van der Waals surface area (Å²) in [5.74, 6) is -0.0489. The molecule has 0 saturated heterocycles. The van der Waals surface area contributed by atoms with Crippen LogP contribution in [0.4, 0.5) is 11.6 Å². The van der Waals surface area contributed by atoms with Gasteiger partial charge in [0.15, 0.2) is 11.5 Å². The first-order chi connectivity index (χ1) is 14.0. The number of nitrogens with one attached hydrogen (secondary N) is 1. The number of carbonyl (C=O) groups excluding carboxylic acids is 2. The van der Waals surface area contributed by atoms with Gasteiger partial charge < -0.3 is 19.9 Å². The first-order valence-corrected chi connectivity index (χ1v) is 8.86. The second kappa shape index (κ2) is 7.32. The summed E-state index contributed by atoms with van der Waals surface area (Å²) < 4.78 is 1.45. The van der Waals surface area contributed by atoms with Gasteiger partial charge in [-0.05, 0) is 24.3 Å².